The molecule has 0 aromatic rings. The van der Waals surface area contributed by atoms with Gasteiger partial charge in [-0.25, -0.2) is 0 Å². The molecule has 0 aliphatic carbocycles. The van der Waals surface area contributed by atoms with Crippen molar-refractivity contribution in [2.24, 2.45) is 0 Å². The molecule has 10 heavy (non-hydrogen) atoms. The van der Waals surface area contributed by atoms with Crippen LogP contribution in [-0.2, 0) is 0 Å². The van der Waals surface area contributed by atoms with Crippen molar-refractivity contribution in [1.29, 1.82) is 0 Å². The van der Waals surface area contributed by atoms with Gasteiger partial charge in [-0.2, -0.15) is 13.2 Å². The van der Waals surface area contributed by atoms with Crippen LogP contribution >= 0.6 is 12.4 Å². The number of halogens is 4. The van der Waals surface area contributed by atoms with Gasteiger partial charge in [-0.05, 0) is 19.4 Å². The summed E-state index contributed by atoms with van der Waals surface area (Å²) in [6, 6.07) is -1.24. The van der Waals surface area contributed by atoms with Crippen molar-refractivity contribution in [3.63, 3.8) is 0 Å². The van der Waals surface area contributed by atoms with E-state index < -0.39 is 12.2 Å². The summed E-state index contributed by atoms with van der Waals surface area (Å²) < 4.78 is 35.1. The Morgan fingerprint density at radius 3 is 2.10 bits per heavy atom. The third-order valence-corrected chi connectivity index (χ3v) is 1.46. The fourth-order valence-electron chi connectivity index (χ4n) is 0.964. The molecule has 0 spiro atoms. The quantitative estimate of drug-likeness (QED) is 0.591. The third kappa shape index (κ3) is 2.34. The smallest absolute Gasteiger partial charge is 0.306 e. The van der Waals surface area contributed by atoms with Crippen LogP contribution in [0.1, 0.15) is 12.8 Å². The Hall–Kier alpha value is 0.0400. The molecule has 1 unspecified atom stereocenters. The average Bonchev–Trinajstić information content (AvgIpc) is 2.08. The Bertz CT molecular complexity index is 97.6. The fourth-order valence-corrected chi connectivity index (χ4v) is 0.964. The van der Waals surface area contributed by atoms with Crippen molar-refractivity contribution in [2.75, 3.05) is 6.54 Å². The highest BCUT2D eigenvalue weighted by atomic mass is 35.5. The first-order chi connectivity index (χ1) is 4.11. The summed E-state index contributed by atoms with van der Waals surface area (Å²) >= 11 is 0. The molecule has 0 saturated carbocycles. The van der Waals surface area contributed by atoms with Gasteiger partial charge >= 0.3 is 6.18 Å². The monoisotopic (exact) mass is 175 g/mol. The van der Waals surface area contributed by atoms with E-state index in [-0.39, 0.29) is 18.8 Å². The van der Waals surface area contributed by atoms with E-state index in [1.165, 1.54) is 0 Å². The molecule has 0 aromatic heterocycles. The van der Waals surface area contributed by atoms with Crippen LogP contribution in [0.3, 0.4) is 0 Å². The van der Waals surface area contributed by atoms with E-state index in [0.29, 0.717) is 13.0 Å². The summed E-state index contributed by atoms with van der Waals surface area (Å²) in [4.78, 5) is 0. The standard InChI is InChI=1S/C5H8F3N.ClH/c6-5(7,8)4-2-1-3-9-4;/h4,9H,1-3H2;1H. The fraction of sp³-hybridized carbons (Fsp3) is 1.00. The molecular formula is C5H9ClF3N. The highest BCUT2D eigenvalue weighted by Gasteiger charge is 2.40. The van der Waals surface area contributed by atoms with E-state index in [4.69, 9.17) is 0 Å². The first kappa shape index (κ1) is 10.0. The molecule has 5 heteroatoms. The van der Waals surface area contributed by atoms with Gasteiger partial charge in [0.25, 0.3) is 0 Å². The minimum absolute atomic E-state index is 0. The van der Waals surface area contributed by atoms with Crippen molar-refractivity contribution in [1.82, 2.24) is 5.32 Å². The summed E-state index contributed by atoms with van der Waals surface area (Å²) in [5.41, 5.74) is 0. The molecule has 62 valence electrons. The van der Waals surface area contributed by atoms with Gasteiger partial charge in [-0.1, -0.05) is 0 Å². The van der Waals surface area contributed by atoms with Crippen LogP contribution in [0.2, 0.25) is 0 Å². The minimum Gasteiger partial charge on any atom is -0.306 e. The second kappa shape index (κ2) is 3.44. The molecule has 1 rings (SSSR count). The van der Waals surface area contributed by atoms with Crippen molar-refractivity contribution < 1.29 is 13.2 Å². The summed E-state index contributed by atoms with van der Waals surface area (Å²) in [5, 5.41) is 2.37. The molecule has 1 fully saturated rings. The van der Waals surface area contributed by atoms with Crippen molar-refractivity contribution in [3.05, 3.63) is 0 Å². The van der Waals surface area contributed by atoms with E-state index in [0.717, 1.165) is 0 Å². The summed E-state index contributed by atoms with van der Waals surface area (Å²) in [7, 11) is 0. The van der Waals surface area contributed by atoms with Crippen molar-refractivity contribution in [3.8, 4) is 0 Å². The van der Waals surface area contributed by atoms with Crippen LogP contribution in [-0.4, -0.2) is 18.8 Å². The largest absolute Gasteiger partial charge is 0.403 e. The Labute approximate surface area is 63.4 Å². The maximum absolute atomic E-state index is 11.7. The number of alkyl halides is 3. The van der Waals surface area contributed by atoms with Crippen LogP contribution in [0.15, 0.2) is 0 Å². The van der Waals surface area contributed by atoms with Gasteiger partial charge in [-0.3, -0.25) is 0 Å². The normalized spacial score (nSPS) is 26.1. The molecule has 1 N–H and O–H groups in total. The molecule has 0 aromatic carbocycles. The van der Waals surface area contributed by atoms with E-state index >= 15 is 0 Å². The third-order valence-electron chi connectivity index (χ3n) is 1.46. The number of nitrogens with one attached hydrogen (secondary N) is 1. The molecule has 0 radical (unpaired) electrons. The van der Waals surface area contributed by atoms with Crippen LogP contribution in [0, 0.1) is 0 Å². The molecule has 1 aliphatic heterocycles. The molecule has 0 amide bonds. The lowest BCUT2D eigenvalue weighted by atomic mass is 10.2. The van der Waals surface area contributed by atoms with Gasteiger partial charge in [0, 0.05) is 0 Å². The average molecular weight is 176 g/mol. The zero-order valence-electron chi connectivity index (χ0n) is 5.24. The first-order valence-corrected chi connectivity index (χ1v) is 2.91. The molecule has 0 bridgehead atoms. The van der Waals surface area contributed by atoms with Gasteiger partial charge < -0.3 is 5.32 Å². The number of rotatable bonds is 0. The second-order valence-electron chi connectivity index (χ2n) is 2.19. The Kier molecular flexibility index (Phi) is 3.45. The lowest BCUT2D eigenvalue weighted by Crippen LogP contribution is -2.36. The van der Waals surface area contributed by atoms with Crippen LogP contribution in [0.5, 0.6) is 0 Å². The van der Waals surface area contributed by atoms with E-state index in [1.807, 2.05) is 0 Å². The lowest BCUT2D eigenvalue weighted by Gasteiger charge is -2.13. The molecule has 1 aliphatic rings. The van der Waals surface area contributed by atoms with Gasteiger partial charge in [0.1, 0.15) is 6.04 Å². The Morgan fingerprint density at radius 1 is 1.30 bits per heavy atom. The second-order valence-corrected chi connectivity index (χ2v) is 2.19. The van der Waals surface area contributed by atoms with E-state index in [9.17, 15) is 13.2 Å². The van der Waals surface area contributed by atoms with Gasteiger partial charge in [-0.15, -0.1) is 12.4 Å². The maximum Gasteiger partial charge on any atom is 0.403 e. The zero-order valence-corrected chi connectivity index (χ0v) is 6.06. The molecule has 1 nitrogen and oxygen atoms in total. The van der Waals surface area contributed by atoms with Gasteiger partial charge in [0.05, 0.1) is 0 Å². The van der Waals surface area contributed by atoms with Crippen LogP contribution < -0.4 is 5.32 Å². The summed E-state index contributed by atoms with van der Waals surface area (Å²) in [5.74, 6) is 0. The summed E-state index contributed by atoms with van der Waals surface area (Å²) in [6.07, 6.45) is -3.15. The Morgan fingerprint density at radius 2 is 1.90 bits per heavy atom. The number of hydrogen-bond acceptors (Lipinski definition) is 1. The summed E-state index contributed by atoms with van der Waals surface area (Å²) in [6.45, 7) is 0.504. The predicted molar refractivity (Wildman–Crippen MR) is 34.3 cm³/mol. The first-order valence-electron chi connectivity index (χ1n) is 2.91. The molecule has 1 saturated heterocycles. The highest BCUT2D eigenvalue weighted by Crippen LogP contribution is 2.25. The molecular weight excluding hydrogens is 167 g/mol. The molecule has 1 atom stereocenters. The predicted octanol–water partition coefficient (Wildman–Crippen LogP) is 1.72. The number of hydrogen-bond donors (Lipinski definition) is 1. The van der Waals surface area contributed by atoms with Gasteiger partial charge in [0.2, 0.25) is 0 Å². The van der Waals surface area contributed by atoms with Crippen molar-refractivity contribution in [2.45, 2.75) is 25.1 Å². The highest BCUT2D eigenvalue weighted by molar-refractivity contribution is 5.85. The molecule has 1 heterocycles. The lowest BCUT2D eigenvalue weighted by molar-refractivity contribution is -0.151. The SMILES string of the molecule is Cl.FC(F)(F)C1CCCN1. The Balaban J connectivity index is 0.000000810. The van der Waals surface area contributed by atoms with Gasteiger partial charge in [0.15, 0.2) is 0 Å². The van der Waals surface area contributed by atoms with Crippen LogP contribution in [0.25, 0.3) is 0 Å². The maximum atomic E-state index is 11.7. The minimum atomic E-state index is -4.03. The van der Waals surface area contributed by atoms with E-state index in [1.54, 1.807) is 0 Å². The van der Waals surface area contributed by atoms with E-state index in [2.05, 4.69) is 5.32 Å². The van der Waals surface area contributed by atoms with Crippen LogP contribution in [0.4, 0.5) is 13.2 Å². The topological polar surface area (TPSA) is 12.0 Å². The zero-order chi connectivity index (χ0) is 6.91. The van der Waals surface area contributed by atoms with Crippen molar-refractivity contribution >= 4 is 12.4 Å².